The van der Waals surface area contributed by atoms with Crippen LogP contribution in [-0.4, -0.2) is 62.3 Å². The number of nitrogens with one attached hydrogen (secondary N) is 1. The molecule has 0 radical (unpaired) electrons. The van der Waals surface area contributed by atoms with E-state index in [2.05, 4.69) is 4.74 Å². The number of methoxy groups -OCH3 is 3. The molecular weight excluding hydrogens is 481 g/mol. The highest BCUT2D eigenvalue weighted by molar-refractivity contribution is 6.11. The third-order valence-corrected chi connectivity index (χ3v) is 5.94. The smallest absolute Gasteiger partial charge is 0.425 e. The number of benzene rings is 2. The summed E-state index contributed by atoms with van der Waals surface area (Å²) in [5.41, 5.74) is -4.37. The molecule has 0 spiro atoms. The highest BCUT2D eigenvalue weighted by Crippen LogP contribution is 2.45. The molecular formula is C25H25F3N2O6. The average Bonchev–Trinajstić information content (AvgIpc) is 3.08. The molecule has 1 N–H and O–H groups in total. The van der Waals surface area contributed by atoms with E-state index >= 15 is 0 Å². The Morgan fingerprint density at radius 3 is 2.19 bits per heavy atom. The van der Waals surface area contributed by atoms with Gasteiger partial charge in [-0.25, -0.2) is 4.79 Å². The average molecular weight is 506 g/mol. The molecule has 2 aromatic rings. The van der Waals surface area contributed by atoms with Crippen LogP contribution in [0.3, 0.4) is 0 Å². The maximum absolute atomic E-state index is 14.7. The van der Waals surface area contributed by atoms with Gasteiger partial charge in [-0.3, -0.25) is 9.59 Å². The standard InChI is InChI=1S/C25H25F3N2O6/c1-15-20(22(32)36-4)24(25(26,27)28,23(33)30(15)13-12-16-8-6-5-7-9-16)29-21(31)17-10-11-18(34-2)19(14-17)35-3/h5-11,14H,12-13H2,1-4H3,(H,29,31). The molecule has 0 aliphatic carbocycles. The largest absolute Gasteiger partial charge is 0.493 e. The van der Waals surface area contributed by atoms with E-state index in [1.807, 2.05) is 0 Å². The van der Waals surface area contributed by atoms with Crippen LogP contribution in [0.25, 0.3) is 0 Å². The van der Waals surface area contributed by atoms with E-state index in [4.69, 9.17) is 9.47 Å². The van der Waals surface area contributed by atoms with E-state index in [0.29, 0.717) is 0 Å². The van der Waals surface area contributed by atoms with Crippen molar-refractivity contribution in [2.24, 2.45) is 0 Å². The number of rotatable bonds is 8. The van der Waals surface area contributed by atoms with E-state index in [9.17, 15) is 27.6 Å². The predicted octanol–water partition coefficient (Wildman–Crippen LogP) is 3.27. The Balaban J connectivity index is 2.07. The molecule has 11 heteroatoms. The van der Waals surface area contributed by atoms with Gasteiger partial charge in [0.05, 0.1) is 21.3 Å². The number of allylic oxidation sites excluding steroid dienone is 1. The topological polar surface area (TPSA) is 94.2 Å². The number of ether oxygens (including phenoxy) is 3. The predicted molar refractivity (Wildman–Crippen MR) is 122 cm³/mol. The Hall–Kier alpha value is -4.02. The first-order valence-corrected chi connectivity index (χ1v) is 10.8. The van der Waals surface area contributed by atoms with Gasteiger partial charge >= 0.3 is 12.1 Å². The number of hydrogen-bond donors (Lipinski definition) is 1. The van der Waals surface area contributed by atoms with Crippen LogP contribution < -0.4 is 14.8 Å². The minimum absolute atomic E-state index is 0.0911. The third-order valence-electron chi connectivity index (χ3n) is 5.94. The molecule has 2 amide bonds. The lowest BCUT2D eigenvalue weighted by Gasteiger charge is -2.33. The van der Waals surface area contributed by atoms with Crippen LogP contribution in [0.1, 0.15) is 22.8 Å². The Labute approximate surface area is 205 Å². The van der Waals surface area contributed by atoms with Crippen molar-refractivity contribution < 1.29 is 41.8 Å². The lowest BCUT2D eigenvalue weighted by atomic mass is 9.88. The van der Waals surface area contributed by atoms with Crippen molar-refractivity contribution >= 4 is 17.8 Å². The lowest BCUT2D eigenvalue weighted by molar-refractivity contribution is -0.192. The molecule has 192 valence electrons. The highest BCUT2D eigenvalue weighted by Gasteiger charge is 2.70. The molecule has 8 nitrogen and oxygen atoms in total. The Bertz CT molecular complexity index is 1200. The molecule has 3 rings (SSSR count). The van der Waals surface area contributed by atoms with Crippen molar-refractivity contribution in [1.82, 2.24) is 10.2 Å². The van der Waals surface area contributed by atoms with Crippen LogP contribution in [0.4, 0.5) is 13.2 Å². The summed E-state index contributed by atoms with van der Waals surface area (Å²) < 4.78 is 58.9. The summed E-state index contributed by atoms with van der Waals surface area (Å²) in [6, 6.07) is 12.5. The van der Waals surface area contributed by atoms with E-state index < -0.39 is 35.1 Å². The molecule has 0 saturated heterocycles. The molecule has 2 aromatic carbocycles. The number of nitrogens with zero attached hydrogens (tertiary/aromatic N) is 1. The quantitative estimate of drug-likeness (QED) is 0.553. The summed E-state index contributed by atoms with van der Waals surface area (Å²) in [5.74, 6) is -3.80. The van der Waals surface area contributed by atoms with Crippen LogP contribution in [0.15, 0.2) is 59.8 Å². The van der Waals surface area contributed by atoms with Crippen molar-refractivity contribution in [2.75, 3.05) is 27.9 Å². The van der Waals surface area contributed by atoms with E-state index in [1.165, 1.54) is 39.3 Å². The molecule has 1 aliphatic heterocycles. The van der Waals surface area contributed by atoms with Crippen molar-refractivity contribution in [3.63, 3.8) is 0 Å². The monoisotopic (exact) mass is 506 g/mol. The molecule has 0 aromatic heterocycles. The van der Waals surface area contributed by atoms with E-state index in [1.54, 1.807) is 35.6 Å². The summed E-state index contributed by atoms with van der Waals surface area (Å²) in [4.78, 5) is 39.9. The van der Waals surface area contributed by atoms with Gasteiger partial charge in [0.2, 0.25) is 0 Å². The van der Waals surface area contributed by atoms with Crippen molar-refractivity contribution in [1.29, 1.82) is 0 Å². The van der Waals surface area contributed by atoms with Gasteiger partial charge in [-0.1, -0.05) is 30.3 Å². The Kier molecular flexibility index (Phi) is 7.61. The van der Waals surface area contributed by atoms with Gasteiger partial charge in [0.15, 0.2) is 11.5 Å². The van der Waals surface area contributed by atoms with Crippen molar-refractivity contribution in [3.8, 4) is 11.5 Å². The molecule has 1 heterocycles. The van der Waals surface area contributed by atoms with Gasteiger partial charge in [0.25, 0.3) is 17.4 Å². The van der Waals surface area contributed by atoms with Crippen LogP contribution in [0.5, 0.6) is 11.5 Å². The number of esters is 1. The van der Waals surface area contributed by atoms with Crippen LogP contribution in [0, 0.1) is 0 Å². The second-order valence-corrected chi connectivity index (χ2v) is 7.92. The Morgan fingerprint density at radius 1 is 1.00 bits per heavy atom. The number of amides is 2. The van der Waals surface area contributed by atoms with E-state index in [0.717, 1.165) is 17.6 Å². The molecule has 0 saturated carbocycles. The number of carbonyl (C=O) groups is 3. The van der Waals surface area contributed by atoms with Crippen molar-refractivity contribution in [3.05, 3.63) is 70.9 Å². The van der Waals surface area contributed by atoms with Crippen LogP contribution >= 0.6 is 0 Å². The van der Waals surface area contributed by atoms with Gasteiger partial charge in [0.1, 0.15) is 5.57 Å². The van der Waals surface area contributed by atoms with Gasteiger partial charge in [-0.15, -0.1) is 0 Å². The summed E-state index contributed by atoms with van der Waals surface area (Å²) in [7, 11) is 3.55. The number of halogens is 3. The van der Waals surface area contributed by atoms with Gasteiger partial charge in [-0.05, 0) is 37.1 Å². The summed E-state index contributed by atoms with van der Waals surface area (Å²) >= 11 is 0. The minimum Gasteiger partial charge on any atom is -0.493 e. The second kappa shape index (κ2) is 10.3. The van der Waals surface area contributed by atoms with E-state index in [-0.39, 0.29) is 35.7 Å². The zero-order valence-electron chi connectivity index (χ0n) is 20.1. The number of carbonyl (C=O) groups excluding carboxylic acids is 3. The summed E-state index contributed by atoms with van der Waals surface area (Å²) in [6.45, 7) is 1.06. The zero-order valence-corrected chi connectivity index (χ0v) is 20.1. The molecule has 0 bridgehead atoms. The molecule has 0 fully saturated rings. The molecule has 36 heavy (non-hydrogen) atoms. The fourth-order valence-electron chi connectivity index (χ4n) is 4.10. The number of hydrogen-bond acceptors (Lipinski definition) is 6. The van der Waals surface area contributed by atoms with Crippen LogP contribution in [0.2, 0.25) is 0 Å². The number of alkyl halides is 3. The summed E-state index contributed by atoms with van der Waals surface area (Å²) in [6.07, 6.45) is -5.15. The lowest BCUT2D eigenvalue weighted by Crippen LogP contribution is -2.66. The third kappa shape index (κ3) is 4.60. The highest BCUT2D eigenvalue weighted by atomic mass is 19.4. The Morgan fingerprint density at radius 2 is 1.64 bits per heavy atom. The first-order valence-electron chi connectivity index (χ1n) is 10.8. The normalized spacial score (nSPS) is 17.8. The van der Waals surface area contributed by atoms with Gasteiger partial charge in [-0.2, -0.15) is 13.2 Å². The maximum Gasteiger partial charge on any atom is 0.425 e. The van der Waals surface area contributed by atoms with Gasteiger partial charge < -0.3 is 24.4 Å². The zero-order chi connectivity index (χ0) is 26.7. The fraction of sp³-hybridized carbons (Fsp3) is 0.320. The molecule has 1 unspecified atom stereocenters. The second-order valence-electron chi connectivity index (χ2n) is 7.92. The minimum atomic E-state index is -5.37. The fourth-order valence-corrected chi connectivity index (χ4v) is 4.10. The summed E-state index contributed by atoms with van der Waals surface area (Å²) in [5, 5.41) is 1.80. The maximum atomic E-state index is 14.7. The van der Waals surface area contributed by atoms with Crippen LogP contribution in [-0.2, 0) is 20.7 Å². The molecule has 1 atom stereocenters. The SMILES string of the molecule is COC(=O)C1=C(C)N(CCc2ccccc2)C(=O)C1(NC(=O)c1ccc(OC)c(OC)c1)C(F)(F)F. The van der Waals surface area contributed by atoms with Crippen molar-refractivity contribution in [2.45, 2.75) is 25.1 Å². The van der Waals surface area contributed by atoms with Gasteiger partial charge in [0, 0.05) is 17.8 Å². The first-order chi connectivity index (χ1) is 17.0. The molecule has 1 aliphatic rings. The first kappa shape index (κ1) is 26.6.